The summed E-state index contributed by atoms with van der Waals surface area (Å²) in [5.41, 5.74) is 2.55. The third-order valence-electron chi connectivity index (χ3n) is 12.8. The normalized spacial score (nSPS) is 23.6. The van der Waals surface area contributed by atoms with Crippen LogP contribution >= 0.6 is 11.6 Å². The van der Waals surface area contributed by atoms with Crippen molar-refractivity contribution in [2.24, 2.45) is 16.7 Å². The van der Waals surface area contributed by atoms with Crippen molar-refractivity contribution in [3.05, 3.63) is 87.4 Å². The van der Waals surface area contributed by atoms with Gasteiger partial charge in [0.05, 0.1) is 10.6 Å². The number of fused-ring (bicyclic) bond motifs is 1. The standard InChI is InChI=1S/C43H50ClN9O5/c1-42(2)39(43(3,4)40(42)58-32-10-7-29(25-45)33(44)24-32)47-37(55)28-5-8-30(9-6-28)50-16-13-27(14-17-50)26-49-19-21-51(22-20-49)31-15-18-52-35(23-31)48-53(41(52)57)34-11-12-36(54)46-38(34)56/h5-10,15,18,23-24,27,34,39-40H,11-14,16-17,19-22,26H2,1-4H3,(H,47,55)(H,46,54,56). The van der Waals surface area contributed by atoms with Gasteiger partial charge < -0.3 is 19.9 Å². The van der Waals surface area contributed by atoms with Gasteiger partial charge in [0, 0.05) is 104 Å². The molecule has 8 rings (SSSR count). The zero-order chi connectivity index (χ0) is 40.9. The lowest BCUT2D eigenvalue weighted by Crippen LogP contribution is -2.74. The van der Waals surface area contributed by atoms with Crippen molar-refractivity contribution in [3.63, 3.8) is 0 Å². The van der Waals surface area contributed by atoms with Crippen LogP contribution in [0.3, 0.4) is 0 Å². The molecule has 0 spiro atoms. The van der Waals surface area contributed by atoms with Crippen molar-refractivity contribution >= 4 is 46.3 Å². The van der Waals surface area contributed by atoms with Gasteiger partial charge in [-0.2, -0.15) is 9.94 Å². The molecule has 2 N–H and O–H groups in total. The Balaban J connectivity index is 0.794. The smallest absolute Gasteiger partial charge is 0.351 e. The van der Waals surface area contributed by atoms with Crippen LogP contribution in [0.4, 0.5) is 11.4 Å². The van der Waals surface area contributed by atoms with Gasteiger partial charge in [-0.3, -0.25) is 29.0 Å². The second kappa shape index (κ2) is 15.4. The van der Waals surface area contributed by atoms with Crippen LogP contribution in [-0.4, -0.2) is 94.8 Å². The van der Waals surface area contributed by atoms with E-state index in [2.05, 4.69) is 76.3 Å². The Morgan fingerprint density at radius 1 is 0.914 bits per heavy atom. The molecule has 4 aromatic rings. The number of carbonyl (C=O) groups excluding carboxylic acids is 3. The predicted molar refractivity (Wildman–Crippen MR) is 220 cm³/mol. The van der Waals surface area contributed by atoms with Crippen molar-refractivity contribution in [1.29, 1.82) is 5.26 Å². The van der Waals surface area contributed by atoms with Crippen LogP contribution in [0.5, 0.6) is 5.75 Å². The third kappa shape index (κ3) is 7.41. The van der Waals surface area contributed by atoms with E-state index in [9.17, 15) is 24.4 Å². The molecule has 15 heteroatoms. The summed E-state index contributed by atoms with van der Waals surface area (Å²) in [7, 11) is 0. The molecule has 58 heavy (non-hydrogen) atoms. The third-order valence-corrected chi connectivity index (χ3v) is 13.1. The summed E-state index contributed by atoms with van der Waals surface area (Å²) in [6.45, 7) is 15.0. The zero-order valence-corrected chi connectivity index (χ0v) is 34.2. The van der Waals surface area contributed by atoms with Gasteiger partial charge in [0.15, 0.2) is 5.65 Å². The van der Waals surface area contributed by atoms with Crippen molar-refractivity contribution in [3.8, 4) is 11.8 Å². The highest BCUT2D eigenvalue weighted by Gasteiger charge is 2.64. The quantitative estimate of drug-likeness (QED) is 0.228. The number of nitrogens with one attached hydrogen (secondary N) is 2. The molecule has 1 unspecified atom stereocenters. The highest BCUT2D eigenvalue weighted by Crippen LogP contribution is 2.55. The molecule has 3 amide bonds. The molecule has 1 aliphatic carbocycles. The number of nitriles is 1. The number of imide groups is 1. The Bertz CT molecular complexity index is 2320. The van der Waals surface area contributed by atoms with E-state index in [-0.39, 0.29) is 53.3 Å². The minimum atomic E-state index is -0.790. The van der Waals surface area contributed by atoms with E-state index in [0.29, 0.717) is 33.5 Å². The Hall–Kier alpha value is -5.39. The molecule has 3 saturated heterocycles. The lowest BCUT2D eigenvalue weighted by molar-refractivity contribution is -0.164. The molecule has 2 aromatic heterocycles. The van der Waals surface area contributed by atoms with E-state index >= 15 is 0 Å². The summed E-state index contributed by atoms with van der Waals surface area (Å²) in [6, 6.07) is 18.0. The fourth-order valence-electron chi connectivity index (χ4n) is 9.86. The van der Waals surface area contributed by atoms with Crippen molar-refractivity contribution in [2.75, 3.05) is 55.6 Å². The number of pyridine rings is 1. The molecule has 2 aromatic carbocycles. The maximum Gasteiger partial charge on any atom is 0.351 e. The van der Waals surface area contributed by atoms with Crippen LogP contribution < -0.4 is 30.9 Å². The molecule has 3 aliphatic heterocycles. The predicted octanol–water partition coefficient (Wildman–Crippen LogP) is 4.65. The first-order chi connectivity index (χ1) is 27.7. The maximum atomic E-state index is 13.5. The number of ether oxygens (including phenoxy) is 1. The topological polar surface area (TPSA) is 157 Å². The van der Waals surface area contributed by atoms with E-state index < -0.39 is 11.9 Å². The van der Waals surface area contributed by atoms with Crippen molar-refractivity contribution in [2.45, 2.75) is 71.6 Å². The number of carbonyl (C=O) groups is 3. The average molecular weight is 808 g/mol. The van der Waals surface area contributed by atoms with Crippen LogP contribution in [0.2, 0.25) is 5.02 Å². The molecule has 5 heterocycles. The molecule has 0 radical (unpaired) electrons. The minimum absolute atomic E-state index is 0.104. The van der Waals surface area contributed by atoms with Gasteiger partial charge in [-0.15, -0.1) is 5.10 Å². The Kier molecular flexibility index (Phi) is 10.5. The summed E-state index contributed by atoms with van der Waals surface area (Å²) >= 11 is 6.25. The Morgan fingerprint density at radius 3 is 2.26 bits per heavy atom. The van der Waals surface area contributed by atoms with E-state index in [0.717, 1.165) is 70.0 Å². The van der Waals surface area contributed by atoms with E-state index in [1.165, 1.54) is 9.08 Å². The summed E-state index contributed by atoms with van der Waals surface area (Å²) < 4.78 is 9.03. The second-order valence-electron chi connectivity index (χ2n) is 17.4. The molecule has 1 saturated carbocycles. The number of hydrogen-bond acceptors (Lipinski definition) is 10. The van der Waals surface area contributed by atoms with Gasteiger partial charge in [0.2, 0.25) is 5.91 Å². The summed E-state index contributed by atoms with van der Waals surface area (Å²) in [5.74, 6) is 0.293. The molecule has 1 atom stereocenters. The number of hydrogen-bond donors (Lipinski definition) is 2. The lowest BCUT2D eigenvalue weighted by Gasteiger charge is -2.63. The number of piperidine rings is 2. The molecule has 4 fully saturated rings. The first kappa shape index (κ1) is 39.4. The van der Waals surface area contributed by atoms with Crippen LogP contribution in [0.25, 0.3) is 5.65 Å². The largest absolute Gasteiger partial charge is 0.489 e. The molecule has 14 nitrogen and oxygen atoms in total. The summed E-state index contributed by atoms with van der Waals surface area (Å²) in [4.78, 5) is 57.8. The van der Waals surface area contributed by atoms with Crippen molar-refractivity contribution < 1.29 is 19.1 Å². The molecular weight excluding hydrogens is 758 g/mol. The summed E-state index contributed by atoms with van der Waals surface area (Å²) in [6.07, 6.45) is 4.19. The first-order valence-electron chi connectivity index (χ1n) is 20.2. The number of benzene rings is 2. The number of piperazine rings is 1. The summed E-state index contributed by atoms with van der Waals surface area (Å²) in [5, 5.41) is 19.6. The number of aromatic nitrogens is 3. The number of amides is 3. The van der Waals surface area contributed by atoms with E-state index in [1.54, 1.807) is 24.4 Å². The van der Waals surface area contributed by atoms with Crippen LogP contribution in [-0.2, 0) is 9.59 Å². The van der Waals surface area contributed by atoms with Gasteiger partial charge in [-0.1, -0.05) is 39.3 Å². The first-order valence-corrected chi connectivity index (χ1v) is 20.5. The number of nitrogens with zero attached hydrogens (tertiary/aromatic N) is 7. The SMILES string of the molecule is CC1(C)C(NC(=O)c2ccc(N3CCC(CN4CCN(c5ccn6c(=O)n(C7CCC(=O)NC7=O)nc6c5)CC4)CC3)cc2)C(C)(C)C1Oc1ccc(C#N)c(Cl)c1. The molecule has 304 valence electrons. The van der Waals surface area contributed by atoms with Gasteiger partial charge in [-0.25, -0.2) is 4.79 Å². The minimum Gasteiger partial charge on any atom is -0.489 e. The van der Waals surface area contributed by atoms with Crippen LogP contribution in [0, 0.1) is 28.1 Å². The van der Waals surface area contributed by atoms with E-state index in [1.807, 2.05) is 24.3 Å². The fourth-order valence-corrected chi connectivity index (χ4v) is 10.1. The maximum absolute atomic E-state index is 13.5. The highest BCUT2D eigenvalue weighted by molar-refractivity contribution is 6.31. The molecular formula is C43H50ClN9O5. The Labute approximate surface area is 342 Å². The monoisotopic (exact) mass is 807 g/mol. The zero-order valence-electron chi connectivity index (χ0n) is 33.4. The number of rotatable bonds is 9. The van der Waals surface area contributed by atoms with Crippen LogP contribution in [0.1, 0.15) is 75.3 Å². The van der Waals surface area contributed by atoms with Gasteiger partial charge in [0.1, 0.15) is 24.0 Å². The fraction of sp³-hybridized carbons (Fsp3) is 0.488. The van der Waals surface area contributed by atoms with Gasteiger partial charge >= 0.3 is 5.69 Å². The Morgan fingerprint density at radius 2 is 1.60 bits per heavy atom. The molecule has 4 aliphatic rings. The van der Waals surface area contributed by atoms with Crippen molar-refractivity contribution in [1.82, 2.24) is 29.7 Å². The average Bonchev–Trinajstić information content (AvgIpc) is 3.54. The highest BCUT2D eigenvalue weighted by atomic mass is 35.5. The number of halogens is 1. The second-order valence-corrected chi connectivity index (χ2v) is 17.8. The molecule has 0 bridgehead atoms. The van der Waals surface area contributed by atoms with Crippen LogP contribution in [0.15, 0.2) is 65.6 Å². The number of anilines is 2. The lowest BCUT2D eigenvalue weighted by atomic mass is 9.49. The van der Waals surface area contributed by atoms with Gasteiger partial charge in [-0.05, 0) is 67.6 Å². The van der Waals surface area contributed by atoms with E-state index in [4.69, 9.17) is 16.3 Å². The van der Waals surface area contributed by atoms with Gasteiger partial charge in [0.25, 0.3) is 11.8 Å².